The summed E-state index contributed by atoms with van der Waals surface area (Å²) in [5.74, 6) is -0.0743. The lowest BCUT2D eigenvalue weighted by Crippen LogP contribution is -2.31. The zero-order chi connectivity index (χ0) is 16.6. The molecule has 3 nitrogen and oxygen atoms in total. The van der Waals surface area contributed by atoms with Crippen LogP contribution in [0.4, 0.5) is 0 Å². The molecule has 2 aromatic carbocycles. The van der Waals surface area contributed by atoms with E-state index in [0.29, 0.717) is 28.4 Å². The van der Waals surface area contributed by atoms with Crippen LogP contribution in [-0.2, 0) is 0 Å². The number of imide groups is 1. The van der Waals surface area contributed by atoms with E-state index < -0.39 is 0 Å². The number of amides is 2. The highest BCUT2D eigenvalue weighted by Crippen LogP contribution is 2.31. The third-order valence-electron chi connectivity index (χ3n) is 3.41. The Bertz CT molecular complexity index is 752. The largest absolute Gasteiger partial charge is 0.273 e. The van der Waals surface area contributed by atoms with Gasteiger partial charge < -0.3 is 0 Å². The fourth-order valence-corrected chi connectivity index (χ4v) is 3.56. The molecule has 2 amide bonds. The van der Waals surface area contributed by atoms with Crippen molar-refractivity contribution in [2.75, 3.05) is 12.3 Å². The van der Waals surface area contributed by atoms with Crippen molar-refractivity contribution in [2.45, 2.75) is 4.90 Å². The van der Waals surface area contributed by atoms with E-state index in [1.165, 1.54) is 17.0 Å². The van der Waals surface area contributed by atoms with Gasteiger partial charge in [-0.3, -0.25) is 14.5 Å². The van der Waals surface area contributed by atoms with E-state index >= 15 is 0 Å². The Morgan fingerprint density at radius 2 is 1.39 bits per heavy atom. The summed E-state index contributed by atoms with van der Waals surface area (Å²) < 4.78 is 0. The third-order valence-corrected chi connectivity index (χ3v) is 5.38. The maximum absolute atomic E-state index is 12.3. The smallest absolute Gasteiger partial charge is 0.261 e. The van der Waals surface area contributed by atoms with Gasteiger partial charge in [0.2, 0.25) is 0 Å². The summed E-state index contributed by atoms with van der Waals surface area (Å²) >= 11 is 19.2. The summed E-state index contributed by atoms with van der Waals surface area (Å²) in [6.45, 7) is 0.314. The van der Waals surface area contributed by atoms with Gasteiger partial charge in [-0.15, -0.1) is 11.8 Å². The van der Waals surface area contributed by atoms with Crippen molar-refractivity contribution < 1.29 is 9.59 Å². The molecule has 3 rings (SSSR count). The lowest BCUT2D eigenvalue weighted by atomic mass is 10.1. The molecule has 118 valence electrons. The zero-order valence-electron chi connectivity index (χ0n) is 11.7. The Labute approximate surface area is 152 Å². The Morgan fingerprint density at radius 1 is 0.870 bits per heavy atom. The van der Waals surface area contributed by atoms with Gasteiger partial charge in [0.05, 0.1) is 21.2 Å². The SMILES string of the molecule is O=C1c2cc(Cl)c(Cl)cc2C(=O)N1CCSc1ccc(Cl)cc1. The summed E-state index contributed by atoms with van der Waals surface area (Å²) in [6, 6.07) is 10.3. The van der Waals surface area contributed by atoms with E-state index in [1.54, 1.807) is 23.9 Å². The second kappa shape index (κ2) is 6.73. The first-order valence-electron chi connectivity index (χ1n) is 6.71. The summed E-state index contributed by atoms with van der Waals surface area (Å²) in [5.41, 5.74) is 0.613. The summed E-state index contributed by atoms with van der Waals surface area (Å²) in [6.07, 6.45) is 0. The highest BCUT2D eigenvalue weighted by atomic mass is 35.5. The standard InChI is InChI=1S/C16H10Cl3NO2S/c17-9-1-3-10(4-2-9)23-6-5-20-15(21)11-7-13(18)14(19)8-12(11)16(20)22/h1-4,7-8H,5-6H2. The Balaban J connectivity index is 1.69. The van der Waals surface area contributed by atoms with Gasteiger partial charge in [-0.2, -0.15) is 0 Å². The molecule has 0 unspecified atom stereocenters. The van der Waals surface area contributed by atoms with E-state index in [9.17, 15) is 9.59 Å². The van der Waals surface area contributed by atoms with Crippen molar-refractivity contribution in [3.63, 3.8) is 0 Å². The first-order valence-corrected chi connectivity index (χ1v) is 8.83. The van der Waals surface area contributed by atoms with E-state index in [2.05, 4.69) is 0 Å². The van der Waals surface area contributed by atoms with Gasteiger partial charge in [-0.1, -0.05) is 34.8 Å². The molecule has 0 radical (unpaired) electrons. The van der Waals surface area contributed by atoms with Crippen LogP contribution < -0.4 is 0 Å². The summed E-state index contributed by atoms with van der Waals surface area (Å²) in [4.78, 5) is 26.9. The number of nitrogens with zero attached hydrogens (tertiary/aromatic N) is 1. The third kappa shape index (κ3) is 3.36. The van der Waals surface area contributed by atoms with Crippen molar-refractivity contribution in [3.8, 4) is 0 Å². The number of hydrogen-bond acceptors (Lipinski definition) is 3. The van der Waals surface area contributed by atoms with Gasteiger partial charge in [0.25, 0.3) is 11.8 Å². The average Bonchev–Trinajstić information content (AvgIpc) is 2.75. The van der Waals surface area contributed by atoms with E-state index in [1.807, 2.05) is 12.1 Å². The van der Waals surface area contributed by atoms with Gasteiger partial charge in [-0.05, 0) is 36.4 Å². The number of hydrogen-bond donors (Lipinski definition) is 0. The number of thioether (sulfide) groups is 1. The van der Waals surface area contributed by atoms with Crippen LogP contribution in [0.5, 0.6) is 0 Å². The molecule has 0 N–H and O–H groups in total. The Hall–Kier alpha value is -1.20. The van der Waals surface area contributed by atoms with Crippen LogP contribution in [0.3, 0.4) is 0 Å². The van der Waals surface area contributed by atoms with Gasteiger partial charge in [-0.25, -0.2) is 0 Å². The lowest BCUT2D eigenvalue weighted by molar-refractivity contribution is 0.0664. The molecule has 0 aliphatic carbocycles. The summed E-state index contributed by atoms with van der Waals surface area (Å²) in [5, 5.41) is 1.20. The number of benzene rings is 2. The molecule has 1 heterocycles. The summed E-state index contributed by atoms with van der Waals surface area (Å²) in [7, 11) is 0. The maximum Gasteiger partial charge on any atom is 0.261 e. The van der Waals surface area contributed by atoms with Crippen LogP contribution in [0.1, 0.15) is 20.7 Å². The van der Waals surface area contributed by atoms with Crippen molar-refractivity contribution in [2.24, 2.45) is 0 Å². The van der Waals surface area contributed by atoms with Crippen LogP contribution in [0.2, 0.25) is 15.1 Å². The lowest BCUT2D eigenvalue weighted by Gasteiger charge is -2.13. The molecule has 0 spiro atoms. The van der Waals surface area contributed by atoms with Crippen LogP contribution in [0.25, 0.3) is 0 Å². The van der Waals surface area contributed by atoms with Gasteiger partial charge in [0, 0.05) is 22.2 Å². The predicted octanol–water partition coefficient (Wildman–Crippen LogP) is 5.04. The maximum atomic E-state index is 12.3. The van der Waals surface area contributed by atoms with Gasteiger partial charge in [0.1, 0.15) is 0 Å². The van der Waals surface area contributed by atoms with Crippen molar-refractivity contribution in [3.05, 3.63) is 62.6 Å². The molecular weight excluding hydrogens is 377 g/mol. The van der Waals surface area contributed by atoms with Crippen molar-refractivity contribution in [1.29, 1.82) is 0 Å². The van der Waals surface area contributed by atoms with Crippen LogP contribution in [0, 0.1) is 0 Å². The first-order chi connectivity index (χ1) is 11.0. The first kappa shape index (κ1) is 16.7. The quantitative estimate of drug-likeness (QED) is 0.546. The highest BCUT2D eigenvalue weighted by Gasteiger charge is 2.35. The molecule has 0 aromatic heterocycles. The average molecular weight is 387 g/mol. The molecule has 23 heavy (non-hydrogen) atoms. The van der Waals surface area contributed by atoms with Crippen LogP contribution in [-0.4, -0.2) is 29.0 Å². The molecule has 0 saturated heterocycles. The molecular formula is C16H10Cl3NO2S. The minimum Gasteiger partial charge on any atom is -0.273 e. The van der Waals surface area contributed by atoms with Gasteiger partial charge >= 0.3 is 0 Å². The fraction of sp³-hybridized carbons (Fsp3) is 0.125. The molecule has 0 atom stereocenters. The highest BCUT2D eigenvalue weighted by molar-refractivity contribution is 7.99. The Kier molecular flexibility index (Phi) is 4.87. The number of halogens is 3. The molecule has 1 aliphatic heterocycles. The minimum absolute atomic E-state index is 0.268. The molecule has 0 fully saturated rings. The molecule has 7 heteroatoms. The van der Waals surface area contributed by atoms with E-state index in [-0.39, 0.29) is 21.9 Å². The minimum atomic E-state index is -0.333. The normalized spacial score (nSPS) is 13.6. The van der Waals surface area contributed by atoms with E-state index in [4.69, 9.17) is 34.8 Å². The fourth-order valence-electron chi connectivity index (χ4n) is 2.27. The number of fused-ring (bicyclic) bond motifs is 1. The monoisotopic (exact) mass is 385 g/mol. The molecule has 0 bridgehead atoms. The number of rotatable bonds is 4. The topological polar surface area (TPSA) is 37.4 Å². The molecule has 2 aromatic rings. The van der Waals surface area contributed by atoms with Crippen LogP contribution >= 0.6 is 46.6 Å². The zero-order valence-corrected chi connectivity index (χ0v) is 14.8. The van der Waals surface area contributed by atoms with Crippen molar-refractivity contribution >= 4 is 58.4 Å². The number of carbonyl (C=O) groups excluding carboxylic acids is 2. The Morgan fingerprint density at radius 3 is 1.91 bits per heavy atom. The second-order valence-electron chi connectivity index (χ2n) is 4.88. The van der Waals surface area contributed by atoms with Crippen LogP contribution in [0.15, 0.2) is 41.3 Å². The van der Waals surface area contributed by atoms with Gasteiger partial charge in [0.15, 0.2) is 0 Å². The predicted molar refractivity (Wildman–Crippen MR) is 94.0 cm³/mol. The van der Waals surface area contributed by atoms with Crippen molar-refractivity contribution in [1.82, 2.24) is 4.90 Å². The number of carbonyl (C=O) groups is 2. The molecule has 0 saturated carbocycles. The second-order valence-corrected chi connectivity index (χ2v) is 7.30. The molecule has 1 aliphatic rings. The van der Waals surface area contributed by atoms with E-state index in [0.717, 1.165) is 4.90 Å².